The van der Waals surface area contributed by atoms with Crippen LogP contribution in [0.15, 0.2) is 72.8 Å². The molecule has 1 saturated heterocycles. The zero-order valence-corrected chi connectivity index (χ0v) is 18.3. The number of nitrogens with one attached hydrogen (secondary N) is 2. The highest BCUT2D eigenvalue weighted by Crippen LogP contribution is 2.21. The Kier molecular flexibility index (Phi) is 6.32. The summed E-state index contributed by atoms with van der Waals surface area (Å²) in [6.45, 7) is 4.83. The Hall–Kier alpha value is -3.68. The minimum atomic E-state index is -0.279. The normalized spacial score (nSPS) is 14.3. The van der Waals surface area contributed by atoms with Crippen LogP contribution in [0.4, 0.5) is 5.69 Å². The summed E-state index contributed by atoms with van der Waals surface area (Å²) in [5.74, 6) is 0.708. The first-order valence-corrected chi connectivity index (χ1v) is 11.1. The smallest absolute Gasteiger partial charge is 0.291 e. The molecule has 168 valence electrons. The number of imidazole rings is 1. The maximum Gasteiger partial charge on any atom is 0.291 e. The zero-order chi connectivity index (χ0) is 22.5. The first-order valence-electron chi connectivity index (χ1n) is 11.1. The molecule has 7 heteroatoms. The second kappa shape index (κ2) is 9.85. The van der Waals surface area contributed by atoms with Gasteiger partial charge in [-0.05, 0) is 35.4 Å². The number of rotatable bonds is 7. The molecule has 0 spiro atoms. The lowest BCUT2D eigenvalue weighted by Crippen LogP contribution is -2.35. The van der Waals surface area contributed by atoms with Gasteiger partial charge in [-0.3, -0.25) is 9.69 Å². The van der Waals surface area contributed by atoms with Gasteiger partial charge in [0.05, 0.1) is 24.2 Å². The van der Waals surface area contributed by atoms with Crippen LogP contribution in [0.3, 0.4) is 0 Å². The standard InChI is InChI=1S/C26H26N4O3/c31-26(27-21-8-6-19(7-9-21)17-30-12-14-32-15-13-30)25-28-23-11-10-22(16-24(23)29-25)33-18-20-4-2-1-3-5-20/h1-11,16H,12-15,17-18H2,(H,27,31)(H,28,29). The van der Waals surface area contributed by atoms with Crippen molar-refractivity contribution in [1.29, 1.82) is 0 Å². The van der Waals surface area contributed by atoms with E-state index in [1.807, 2.05) is 72.8 Å². The summed E-state index contributed by atoms with van der Waals surface area (Å²) in [5.41, 5.74) is 4.51. The first kappa shape index (κ1) is 21.2. The number of carbonyl (C=O) groups is 1. The molecule has 3 aromatic carbocycles. The number of nitrogens with zero attached hydrogens (tertiary/aromatic N) is 2. The molecule has 2 heterocycles. The molecule has 33 heavy (non-hydrogen) atoms. The van der Waals surface area contributed by atoms with Gasteiger partial charge in [-0.1, -0.05) is 42.5 Å². The number of aromatic nitrogens is 2. The Morgan fingerprint density at radius 3 is 2.58 bits per heavy atom. The Bertz CT molecular complexity index is 1220. The van der Waals surface area contributed by atoms with Crippen molar-refractivity contribution in [2.24, 2.45) is 0 Å². The number of hydrogen-bond donors (Lipinski definition) is 2. The number of hydrogen-bond acceptors (Lipinski definition) is 5. The maximum atomic E-state index is 12.7. The monoisotopic (exact) mass is 442 g/mol. The number of amides is 1. The SMILES string of the molecule is O=C(Nc1ccc(CN2CCOCC2)cc1)c1nc2ccc(OCc3ccccc3)cc2[nH]1. The van der Waals surface area contributed by atoms with E-state index >= 15 is 0 Å². The molecule has 0 aliphatic carbocycles. The van der Waals surface area contributed by atoms with E-state index in [4.69, 9.17) is 9.47 Å². The molecular weight excluding hydrogens is 416 g/mol. The second-order valence-electron chi connectivity index (χ2n) is 8.08. The Morgan fingerprint density at radius 2 is 1.79 bits per heavy atom. The predicted molar refractivity (Wildman–Crippen MR) is 127 cm³/mol. The van der Waals surface area contributed by atoms with Crippen molar-refractivity contribution in [1.82, 2.24) is 14.9 Å². The van der Waals surface area contributed by atoms with Gasteiger partial charge in [-0.25, -0.2) is 4.98 Å². The van der Waals surface area contributed by atoms with Gasteiger partial charge >= 0.3 is 0 Å². The van der Waals surface area contributed by atoms with Gasteiger partial charge in [0.15, 0.2) is 5.82 Å². The van der Waals surface area contributed by atoms with Crippen molar-refractivity contribution >= 4 is 22.6 Å². The summed E-state index contributed by atoms with van der Waals surface area (Å²) in [6, 6.07) is 23.5. The van der Waals surface area contributed by atoms with Crippen molar-refractivity contribution in [3.05, 3.63) is 89.7 Å². The van der Waals surface area contributed by atoms with Gasteiger partial charge in [0.1, 0.15) is 12.4 Å². The highest BCUT2D eigenvalue weighted by Gasteiger charge is 2.14. The van der Waals surface area contributed by atoms with Gasteiger partial charge in [0.2, 0.25) is 0 Å². The molecule has 1 amide bonds. The molecule has 0 unspecified atom stereocenters. The summed E-state index contributed by atoms with van der Waals surface area (Å²) in [4.78, 5) is 22.6. The van der Waals surface area contributed by atoms with Crippen molar-refractivity contribution in [3.8, 4) is 5.75 Å². The largest absolute Gasteiger partial charge is 0.489 e. The number of ether oxygens (including phenoxy) is 2. The summed E-state index contributed by atoms with van der Waals surface area (Å²) in [7, 11) is 0. The average Bonchev–Trinajstić information content (AvgIpc) is 3.29. The molecule has 0 radical (unpaired) electrons. The van der Waals surface area contributed by atoms with Crippen LogP contribution in [-0.4, -0.2) is 47.1 Å². The number of anilines is 1. The van der Waals surface area contributed by atoms with Crippen LogP contribution >= 0.6 is 0 Å². The molecule has 1 aromatic heterocycles. The van der Waals surface area contributed by atoms with Crippen LogP contribution in [-0.2, 0) is 17.9 Å². The lowest BCUT2D eigenvalue weighted by atomic mass is 10.2. The molecule has 1 aliphatic rings. The molecule has 1 fully saturated rings. The summed E-state index contributed by atoms with van der Waals surface area (Å²) >= 11 is 0. The van der Waals surface area contributed by atoms with E-state index in [2.05, 4.69) is 20.2 Å². The van der Waals surface area contributed by atoms with Crippen LogP contribution in [0.2, 0.25) is 0 Å². The zero-order valence-electron chi connectivity index (χ0n) is 18.3. The molecule has 0 saturated carbocycles. The fraction of sp³-hybridized carbons (Fsp3) is 0.231. The Balaban J connectivity index is 1.21. The molecule has 0 atom stereocenters. The van der Waals surface area contributed by atoms with Crippen molar-refractivity contribution in [2.75, 3.05) is 31.6 Å². The highest BCUT2D eigenvalue weighted by atomic mass is 16.5. The summed E-state index contributed by atoms with van der Waals surface area (Å²) in [6.07, 6.45) is 0. The molecule has 2 N–H and O–H groups in total. The maximum absolute atomic E-state index is 12.7. The van der Waals surface area contributed by atoms with Crippen LogP contribution in [0.5, 0.6) is 5.75 Å². The summed E-state index contributed by atoms with van der Waals surface area (Å²) < 4.78 is 11.3. The van der Waals surface area contributed by atoms with Crippen LogP contribution < -0.4 is 10.1 Å². The van der Waals surface area contributed by atoms with Gasteiger partial charge in [0, 0.05) is 31.4 Å². The van der Waals surface area contributed by atoms with E-state index in [1.54, 1.807) is 0 Å². The van der Waals surface area contributed by atoms with E-state index in [-0.39, 0.29) is 11.7 Å². The predicted octanol–water partition coefficient (Wildman–Crippen LogP) is 4.23. The van der Waals surface area contributed by atoms with Crippen molar-refractivity contribution < 1.29 is 14.3 Å². The summed E-state index contributed by atoms with van der Waals surface area (Å²) in [5, 5.41) is 2.91. The topological polar surface area (TPSA) is 79.5 Å². The Labute approximate surface area is 192 Å². The van der Waals surface area contributed by atoms with Gasteiger partial charge in [0.25, 0.3) is 5.91 Å². The fourth-order valence-electron chi connectivity index (χ4n) is 3.83. The number of H-pyrrole nitrogens is 1. The minimum absolute atomic E-state index is 0.266. The molecule has 4 aromatic rings. The van der Waals surface area contributed by atoms with Gasteiger partial charge in [-0.2, -0.15) is 0 Å². The molecule has 5 rings (SSSR count). The van der Waals surface area contributed by atoms with E-state index in [0.717, 1.165) is 55.4 Å². The van der Waals surface area contributed by atoms with Crippen molar-refractivity contribution in [2.45, 2.75) is 13.2 Å². The Morgan fingerprint density at radius 1 is 1.00 bits per heavy atom. The number of benzene rings is 3. The number of aromatic amines is 1. The molecule has 7 nitrogen and oxygen atoms in total. The number of carbonyl (C=O) groups excluding carboxylic acids is 1. The molecule has 1 aliphatic heterocycles. The number of fused-ring (bicyclic) bond motifs is 1. The van der Waals surface area contributed by atoms with E-state index in [9.17, 15) is 4.79 Å². The lowest BCUT2D eigenvalue weighted by Gasteiger charge is -2.26. The van der Waals surface area contributed by atoms with Crippen molar-refractivity contribution in [3.63, 3.8) is 0 Å². The lowest BCUT2D eigenvalue weighted by molar-refractivity contribution is 0.0342. The van der Waals surface area contributed by atoms with E-state index in [0.29, 0.717) is 12.1 Å². The molecular formula is C26H26N4O3. The first-order chi connectivity index (χ1) is 16.2. The van der Waals surface area contributed by atoms with E-state index < -0.39 is 0 Å². The van der Waals surface area contributed by atoms with E-state index in [1.165, 1.54) is 5.56 Å². The third-order valence-corrected chi connectivity index (χ3v) is 5.64. The minimum Gasteiger partial charge on any atom is -0.489 e. The third kappa shape index (κ3) is 5.39. The highest BCUT2D eigenvalue weighted by molar-refractivity contribution is 6.03. The number of morpholine rings is 1. The molecule has 0 bridgehead atoms. The average molecular weight is 443 g/mol. The third-order valence-electron chi connectivity index (χ3n) is 5.64. The van der Waals surface area contributed by atoms with Crippen LogP contribution in [0.1, 0.15) is 21.7 Å². The quantitative estimate of drug-likeness (QED) is 0.448. The van der Waals surface area contributed by atoms with Crippen LogP contribution in [0.25, 0.3) is 11.0 Å². The van der Waals surface area contributed by atoms with Crippen LogP contribution in [0, 0.1) is 0 Å². The van der Waals surface area contributed by atoms with Gasteiger partial charge < -0.3 is 19.8 Å². The van der Waals surface area contributed by atoms with Gasteiger partial charge in [-0.15, -0.1) is 0 Å². The fourth-order valence-corrected chi connectivity index (χ4v) is 3.83. The second-order valence-corrected chi connectivity index (χ2v) is 8.08.